The van der Waals surface area contributed by atoms with Crippen LogP contribution >= 0.6 is 46.4 Å². The number of methoxy groups -OCH3 is 2. The molecule has 268 valence electrons. The lowest BCUT2D eigenvalue weighted by atomic mass is 10.1. The third-order valence-electron chi connectivity index (χ3n) is 8.46. The zero-order valence-corrected chi connectivity index (χ0v) is 31.1. The van der Waals surface area contributed by atoms with E-state index in [0.29, 0.717) is 87.0 Å². The highest BCUT2D eigenvalue weighted by Crippen LogP contribution is 2.37. The Balaban J connectivity index is 0.000000201. The fourth-order valence-electron chi connectivity index (χ4n) is 5.99. The van der Waals surface area contributed by atoms with Crippen LogP contribution in [0, 0.1) is 13.8 Å². The van der Waals surface area contributed by atoms with Crippen LogP contribution in [-0.4, -0.2) is 57.3 Å². The van der Waals surface area contributed by atoms with Crippen molar-refractivity contribution in [3.63, 3.8) is 0 Å². The molecule has 0 atom stereocenters. The highest BCUT2D eigenvalue weighted by Gasteiger charge is 2.24. The molecule has 4 aromatic carbocycles. The minimum absolute atomic E-state index is 0.214. The molecule has 0 fully saturated rings. The number of halogens is 4. The molecule has 52 heavy (non-hydrogen) atoms. The maximum absolute atomic E-state index is 13.1. The van der Waals surface area contributed by atoms with Crippen LogP contribution in [0.25, 0.3) is 21.8 Å². The molecule has 2 aromatic heterocycles. The monoisotopic (exact) mass is 782 g/mol. The van der Waals surface area contributed by atoms with Crippen LogP contribution in [0.5, 0.6) is 11.5 Å². The SMILES string of the molecule is COc1cc2c(CC(=O)O)c(C)n(C(=O)c3ccc(Cl)cc3)c2cc1Cl.COc1cc2c(CC(=O)O)c(C)n(C(=O)c3ccc(Cl)cc3)c2cc1Cl. The highest BCUT2D eigenvalue weighted by atomic mass is 35.5. The van der Waals surface area contributed by atoms with Crippen molar-refractivity contribution in [2.24, 2.45) is 0 Å². The minimum atomic E-state index is -0.986. The van der Waals surface area contributed by atoms with E-state index in [9.17, 15) is 29.4 Å². The zero-order chi connectivity index (χ0) is 38.0. The number of fused-ring (bicyclic) bond motifs is 2. The number of aromatic nitrogens is 2. The van der Waals surface area contributed by atoms with E-state index in [-0.39, 0.29) is 24.7 Å². The van der Waals surface area contributed by atoms with Crippen molar-refractivity contribution >= 4 is 92.0 Å². The molecule has 0 spiro atoms. The van der Waals surface area contributed by atoms with E-state index >= 15 is 0 Å². The van der Waals surface area contributed by atoms with Gasteiger partial charge in [0.25, 0.3) is 11.8 Å². The average molecular weight is 784 g/mol. The largest absolute Gasteiger partial charge is 0.495 e. The summed E-state index contributed by atoms with van der Waals surface area (Å²) in [4.78, 5) is 48.7. The van der Waals surface area contributed by atoms with Gasteiger partial charge in [0, 0.05) is 43.3 Å². The first-order valence-corrected chi connectivity index (χ1v) is 17.0. The number of hydrogen-bond acceptors (Lipinski definition) is 6. The van der Waals surface area contributed by atoms with Crippen LogP contribution < -0.4 is 9.47 Å². The molecule has 0 saturated carbocycles. The van der Waals surface area contributed by atoms with Gasteiger partial charge in [0.2, 0.25) is 0 Å². The molecule has 6 aromatic rings. The maximum atomic E-state index is 13.1. The molecular formula is C38H30Cl4N2O8. The van der Waals surface area contributed by atoms with Gasteiger partial charge in [-0.2, -0.15) is 0 Å². The predicted octanol–water partition coefficient (Wildman–Crippen LogP) is 9.16. The van der Waals surface area contributed by atoms with Crippen LogP contribution in [0.4, 0.5) is 0 Å². The summed E-state index contributed by atoms with van der Waals surface area (Å²) in [5.74, 6) is -1.71. The second kappa shape index (κ2) is 15.7. The lowest BCUT2D eigenvalue weighted by Gasteiger charge is -2.08. The normalized spacial score (nSPS) is 10.9. The molecule has 0 aliphatic rings. The summed E-state index contributed by atoms with van der Waals surface area (Å²) in [5.41, 5.74) is 4.12. The fourth-order valence-corrected chi connectivity index (χ4v) is 6.71. The summed E-state index contributed by atoms with van der Waals surface area (Å²) in [7, 11) is 2.96. The maximum Gasteiger partial charge on any atom is 0.307 e. The van der Waals surface area contributed by atoms with Crippen LogP contribution in [-0.2, 0) is 22.4 Å². The van der Waals surface area contributed by atoms with Gasteiger partial charge in [0.15, 0.2) is 0 Å². The van der Waals surface area contributed by atoms with Crippen molar-refractivity contribution in [2.75, 3.05) is 14.2 Å². The van der Waals surface area contributed by atoms with Crippen molar-refractivity contribution in [1.82, 2.24) is 9.13 Å². The van der Waals surface area contributed by atoms with Gasteiger partial charge in [-0.3, -0.25) is 28.3 Å². The van der Waals surface area contributed by atoms with Gasteiger partial charge in [0.05, 0.1) is 48.1 Å². The number of carbonyl (C=O) groups is 4. The first kappa shape index (κ1) is 38.2. The Labute approximate surface area is 317 Å². The van der Waals surface area contributed by atoms with E-state index in [1.807, 2.05) is 0 Å². The highest BCUT2D eigenvalue weighted by molar-refractivity contribution is 6.33. The quantitative estimate of drug-likeness (QED) is 0.156. The smallest absolute Gasteiger partial charge is 0.307 e. The number of hydrogen-bond donors (Lipinski definition) is 2. The molecule has 0 amide bonds. The summed E-state index contributed by atoms with van der Waals surface area (Å²) in [6.45, 7) is 3.43. The van der Waals surface area contributed by atoms with Crippen LogP contribution in [0.3, 0.4) is 0 Å². The fraction of sp³-hybridized carbons (Fsp3) is 0.158. The van der Waals surface area contributed by atoms with Gasteiger partial charge in [-0.25, -0.2) is 0 Å². The summed E-state index contributed by atoms with van der Waals surface area (Å²) < 4.78 is 13.4. The topological polar surface area (TPSA) is 137 Å². The van der Waals surface area contributed by atoms with Gasteiger partial charge >= 0.3 is 11.9 Å². The first-order chi connectivity index (χ1) is 24.7. The Morgan fingerprint density at radius 1 is 0.577 bits per heavy atom. The molecule has 0 unspecified atom stereocenters. The van der Waals surface area contributed by atoms with E-state index in [4.69, 9.17) is 55.9 Å². The molecule has 6 rings (SSSR count). The molecule has 10 nitrogen and oxygen atoms in total. The van der Waals surface area contributed by atoms with E-state index in [1.165, 1.54) is 23.4 Å². The minimum Gasteiger partial charge on any atom is -0.495 e. The number of carboxylic acid groups (broad SMARTS) is 2. The van der Waals surface area contributed by atoms with Gasteiger partial charge in [-0.1, -0.05) is 46.4 Å². The molecule has 0 radical (unpaired) electrons. The van der Waals surface area contributed by atoms with Gasteiger partial charge in [-0.05, 0) is 97.8 Å². The number of carboxylic acids is 2. The van der Waals surface area contributed by atoms with Crippen molar-refractivity contribution in [2.45, 2.75) is 26.7 Å². The summed E-state index contributed by atoms with van der Waals surface area (Å²) in [6, 6.07) is 19.6. The summed E-state index contributed by atoms with van der Waals surface area (Å²) >= 11 is 24.2. The number of benzene rings is 4. The molecule has 0 bridgehead atoms. The summed E-state index contributed by atoms with van der Waals surface area (Å²) in [6.07, 6.45) is -0.429. The van der Waals surface area contributed by atoms with E-state index < -0.39 is 11.9 Å². The van der Waals surface area contributed by atoms with Crippen molar-refractivity contribution in [3.05, 3.63) is 127 Å². The number of aliphatic carboxylic acids is 2. The van der Waals surface area contributed by atoms with Crippen molar-refractivity contribution in [1.29, 1.82) is 0 Å². The zero-order valence-electron chi connectivity index (χ0n) is 28.1. The molecule has 0 aliphatic heterocycles. The molecule has 2 N–H and O–H groups in total. The number of carbonyl (C=O) groups excluding carboxylic acids is 2. The molecule has 14 heteroatoms. The van der Waals surface area contributed by atoms with Crippen LogP contribution in [0.2, 0.25) is 20.1 Å². The number of rotatable bonds is 8. The number of nitrogens with zero attached hydrogens (tertiary/aromatic N) is 2. The van der Waals surface area contributed by atoms with Gasteiger partial charge in [0.1, 0.15) is 11.5 Å². The molecule has 0 aliphatic carbocycles. The third kappa shape index (κ3) is 7.61. The average Bonchev–Trinajstić information content (AvgIpc) is 3.51. The lowest BCUT2D eigenvalue weighted by molar-refractivity contribution is -0.137. The Morgan fingerprint density at radius 2 is 0.904 bits per heavy atom. The van der Waals surface area contributed by atoms with Gasteiger partial charge in [-0.15, -0.1) is 0 Å². The molecule has 2 heterocycles. The van der Waals surface area contributed by atoms with E-state index in [0.717, 1.165) is 0 Å². The lowest BCUT2D eigenvalue weighted by Crippen LogP contribution is -2.14. The Morgan fingerprint density at radius 3 is 1.19 bits per heavy atom. The van der Waals surface area contributed by atoms with Gasteiger partial charge < -0.3 is 19.7 Å². The standard InChI is InChI=1S/2C19H15Cl2NO4/c2*1-10-13(8-18(23)24)14-7-17(26-2)15(21)9-16(14)22(10)19(25)11-3-5-12(20)6-4-11/h2*3-7,9H,8H2,1-2H3,(H,23,24). The van der Waals surface area contributed by atoms with Crippen molar-refractivity contribution < 1.29 is 38.9 Å². The second-order valence-electron chi connectivity index (χ2n) is 11.6. The first-order valence-electron chi connectivity index (χ1n) is 15.5. The Bertz CT molecular complexity index is 2210. The summed E-state index contributed by atoms with van der Waals surface area (Å²) in [5, 5.41) is 21.5. The van der Waals surface area contributed by atoms with Crippen LogP contribution in [0.1, 0.15) is 43.2 Å². The predicted molar refractivity (Wildman–Crippen MR) is 202 cm³/mol. The Kier molecular flexibility index (Phi) is 11.6. The van der Waals surface area contributed by atoms with E-state index in [2.05, 4.69) is 0 Å². The third-order valence-corrected chi connectivity index (χ3v) is 9.56. The van der Waals surface area contributed by atoms with Crippen LogP contribution in [0.15, 0.2) is 72.8 Å². The van der Waals surface area contributed by atoms with Crippen molar-refractivity contribution in [3.8, 4) is 11.5 Å². The molecular weight excluding hydrogens is 754 g/mol. The van der Waals surface area contributed by atoms with E-state index in [1.54, 1.807) is 86.6 Å². The second-order valence-corrected chi connectivity index (χ2v) is 13.3. The molecule has 0 saturated heterocycles. The number of ether oxygens (including phenoxy) is 2. The Hall–Kier alpha value is -5.00.